The monoisotopic (exact) mass is 193 g/mol. The Morgan fingerprint density at radius 2 is 1.82 bits per heavy atom. The first kappa shape index (κ1) is 11.5. The van der Waals surface area contributed by atoms with E-state index in [9.17, 15) is 0 Å². The van der Waals surface area contributed by atoms with Gasteiger partial charge in [0.1, 0.15) is 0 Å². The first-order chi connectivity index (χ1) is 5.31. The third-order valence-corrected chi connectivity index (χ3v) is 3.64. The fourth-order valence-electron chi connectivity index (χ4n) is 0.715. The van der Waals surface area contributed by atoms with E-state index in [2.05, 4.69) is 13.8 Å². The molecule has 0 aromatic rings. The summed E-state index contributed by atoms with van der Waals surface area (Å²) < 4.78 is 5.45. The van der Waals surface area contributed by atoms with Crippen LogP contribution in [-0.2, 0) is 4.43 Å². The second-order valence-corrected chi connectivity index (χ2v) is 5.42. The average Bonchev–Trinajstić information content (AvgIpc) is 2.01. The lowest BCUT2D eigenvalue weighted by molar-refractivity contribution is 0.320. The van der Waals surface area contributed by atoms with Crippen LogP contribution in [0.15, 0.2) is 0 Å². The van der Waals surface area contributed by atoms with Crippen LogP contribution in [0, 0.1) is 0 Å². The van der Waals surface area contributed by atoms with Gasteiger partial charge >= 0.3 is 8.35 Å². The van der Waals surface area contributed by atoms with Gasteiger partial charge in [-0.3, -0.25) is 0 Å². The number of hydrogen-bond acceptors (Lipinski definition) is 1. The molecule has 0 aliphatic rings. The van der Waals surface area contributed by atoms with Crippen molar-refractivity contribution in [2.24, 2.45) is 0 Å². The molecule has 0 atom stereocenters. The van der Waals surface area contributed by atoms with Crippen molar-refractivity contribution in [2.45, 2.75) is 45.6 Å². The standard InChI is InChI=1S/C8H18ClOSi/c1-3-5-7-10-11(9)8-6-4-2/h3-8H2,1-2H3. The number of hydrogen-bond donors (Lipinski definition) is 0. The van der Waals surface area contributed by atoms with Gasteiger partial charge in [-0.05, 0) is 12.5 Å². The van der Waals surface area contributed by atoms with Crippen LogP contribution in [0.1, 0.15) is 39.5 Å². The smallest absolute Gasteiger partial charge is 0.323 e. The summed E-state index contributed by atoms with van der Waals surface area (Å²) in [6, 6.07) is 1.09. The summed E-state index contributed by atoms with van der Waals surface area (Å²) in [5.74, 6) is 0. The Kier molecular flexibility index (Phi) is 8.93. The molecule has 0 aromatic carbocycles. The minimum Gasteiger partial charge on any atom is -0.403 e. The van der Waals surface area contributed by atoms with Gasteiger partial charge in [0, 0.05) is 6.61 Å². The van der Waals surface area contributed by atoms with Crippen LogP contribution >= 0.6 is 11.1 Å². The molecule has 0 aromatic heterocycles. The minimum atomic E-state index is -0.952. The van der Waals surface area contributed by atoms with E-state index < -0.39 is 8.35 Å². The van der Waals surface area contributed by atoms with Crippen molar-refractivity contribution in [1.82, 2.24) is 0 Å². The van der Waals surface area contributed by atoms with E-state index >= 15 is 0 Å². The van der Waals surface area contributed by atoms with Crippen LogP contribution in [0.4, 0.5) is 0 Å². The lowest BCUT2D eigenvalue weighted by Gasteiger charge is -2.06. The van der Waals surface area contributed by atoms with E-state index in [-0.39, 0.29) is 0 Å². The normalized spacial score (nSPS) is 10.9. The Hall–Kier alpha value is 0.467. The topological polar surface area (TPSA) is 9.23 Å². The van der Waals surface area contributed by atoms with Crippen molar-refractivity contribution in [1.29, 1.82) is 0 Å². The van der Waals surface area contributed by atoms with Gasteiger partial charge in [0.25, 0.3) is 0 Å². The number of unbranched alkanes of at least 4 members (excludes halogenated alkanes) is 2. The molecule has 0 bridgehead atoms. The van der Waals surface area contributed by atoms with Crippen LogP contribution in [0.2, 0.25) is 6.04 Å². The first-order valence-electron chi connectivity index (χ1n) is 4.45. The summed E-state index contributed by atoms with van der Waals surface area (Å²) in [6.07, 6.45) is 4.77. The van der Waals surface area contributed by atoms with Crippen molar-refractivity contribution in [3.63, 3.8) is 0 Å². The van der Waals surface area contributed by atoms with E-state index in [1.54, 1.807) is 0 Å². The SMILES string of the molecule is CCCCO[Si](Cl)CCCC. The lowest BCUT2D eigenvalue weighted by atomic mass is 10.4. The Morgan fingerprint density at radius 1 is 1.18 bits per heavy atom. The van der Waals surface area contributed by atoms with Crippen molar-refractivity contribution in [3.8, 4) is 0 Å². The molecule has 0 saturated heterocycles. The summed E-state index contributed by atoms with van der Waals surface area (Å²) in [7, 11) is -0.952. The summed E-state index contributed by atoms with van der Waals surface area (Å²) in [5, 5.41) is 0. The molecule has 0 heterocycles. The maximum atomic E-state index is 5.97. The van der Waals surface area contributed by atoms with Gasteiger partial charge in [0.05, 0.1) is 0 Å². The summed E-state index contributed by atoms with van der Waals surface area (Å²) in [5.41, 5.74) is 0. The third-order valence-electron chi connectivity index (χ3n) is 1.48. The van der Waals surface area contributed by atoms with Crippen LogP contribution in [0.3, 0.4) is 0 Å². The molecule has 0 rings (SSSR count). The summed E-state index contributed by atoms with van der Waals surface area (Å²) in [6.45, 7) is 5.20. The molecule has 1 radical (unpaired) electrons. The molecule has 0 fully saturated rings. The fraction of sp³-hybridized carbons (Fsp3) is 1.00. The lowest BCUT2D eigenvalue weighted by Crippen LogP contribution is -2.10. The van der Waals surface area contributed by atoms with E-state index in [0.29, 0.717) is 0 Å². The van der Waals surface area contributed by atoms with Crippen LogP contribution in [0.5, 0.6) is 0 Å². The zero-order valence-corrected chi connectivity index (χ0v) is 9.28. The van der Waals surface area contributed by atoms with E-state index in [1.807, 2.05) is 0 Å². The van der Waals surface area contributed by atoms with Gasteiger partial charge in [0.2, 0.25) is 0 Å². The van der Waals surface area contributed by atoms with Gasteiger partial charge in [-0.2, -0.15) is 0 Å². The van der Waals surface area contributed by atoms with Crippen molar-refractivity contribution < 1.29 is 4.43 Å². The highest BCUT2D eigenvalue weighted by atomic mass is 35.6. The van der Waals surface area contributed by atoms with Crippen molar-refractivity contribution >= 4 is 19.4 Å². The molecule has 3 heteroatoms. The highest BCUT2D eigenvalue weighted by molar-refractivity contribution is 7.03. The minimum absolute atomic E-state index is 0.859. The van der Waals surface area contributed by atoms with Crippen LogP contribution in [-0.4, -0.2) is 15.0 Å². The van der Waals surface area contributed by atoms with Gasteiger partial charge in [-0.25, -0.2) is 0 Å². The predicted octanol–water partition coefficient (Wildman–Crippen LogP) is 3.33. The third kappa shape index (κ3) is 8.37. The number of rotatable bonds is 7. The van der Waals surface area contributed by atoms with Gasteiger partial charge in [-0.15, -0.1) is 11.1 Å². The van der Waals surface area contributed by atoms with Gasteiger partial charge in [0.15, 0.2) is 0 Å². The van der Waals surface area contributed by atoms with Gasteiger partial charge in [-0.1, -0.05) is 33.1 Å². The zero-order valence-electron chi connectivity index (χ0n) is 7.53. The average molecular weight is 194 g/mol. The molecule has 0 unspecified atom stereocenters. The molecule has 0 amide bonds. The molecule has 1 nitrogen and oxygen atoms in total. The van der Waals surface area contributed by atoms with E-state index in [0.717, 1.165) is 19.1 Å². The Labute approximate surface area is 76.5 Å². The van der Waals surface area contributed by atoms with Gasteiger partial charge < -0.3 is 4.43 Å². The van der Waals surface area contributed by atoms with E-state index in [4.69, 9.17) is 15.5 Å². The van der Waals surface area contributed by atoms with Crippen LogP contribution < -0.4 is 0 Å². The largest absolute Gasteiger partial charge is 0.403 e. The molecule has 11 heavy (non-hydrogen) atoms. The molecule has 0 N–H and O–H groups in total. The number of halogens is 1. The summed E-state index contributed by atoms with van der Waals surface area (Å²) in [4.78, 5) is 0. The second kappa shape index (κ2) is 8.56. The Bertz CT molecular complexity index is 80.5. The summed E-state index contributed by atoms with van der Waals surface area (Å²) >= 11 is 5.97. The molecule has 0 aliphatic carbocycles. The second-order valence-electron chi connectivity index (χ2n) is 2.66. The highest BCUT2D eigenvalue weighted by Crippen LogP contribution is 2.06. The Balaban J connectivity index is 3.02. The van der Waals surface area contributed by atoms with Crippen LogP contribution in [0.25, 0.3) is 0 Å². The highest BCUT2D eigenvalue weighted by Gasteiger charge is 2.07. The molecule has 0 aliphatic heterocycles. The molecule has 0 spiro atoms. The maximum Gasteiger partial charge on any atom is 0.323 e. The van der Waals surface area contributed by atoms with E-state index in [1.165, 1.54) is 19.3 Å². The quantitative estimate of drug-likeness (QED) is 0.343. The van der Waals surface area contributed by atoms with Crippen molar-refractivity contribution in [3.05, 3.63) is 0 Å². The molecular weight excluding hydrogens is 176 g/mol. The molecule has 0 saturated carbocycles. The molecular formula is C8H18ClOSi. The Morgan fingerprint density at radius 3 is 2.36 bits per heavy atom. The first-order valence-corrected chi connectivity index (χ1v) is 7.08. The predicted molar refractivity (Wildman–Crippen MR) is 52.2 cm³/mol. The maximum absolute atomic E-state index is 5.97. The fourth-order valence-corrected chi connectivity index (χ4v) is 2.49. The van der Waals surface area contributed by atoms with Crippen molar-refractivity contribution in [2.75, 3.05) is 6.61 Å². The molecule has 67 valence electrons. The zero-order chi connectivity index (χ0) is 8.53.